The zero-order chi connectivity index (χ0) is 14.7. The molecule has 0 aliphatic carbocycles. The summed E-state index contributed by atoms with van der Waals surface area (Å²) in [6.07, 6.45) is 1.66. The van der Waals surface area contributed by atoms with Crippen molar-refractivity contribution in [1.82, 2.24) is 15.1 Å². The van der Waals surface area contributed by atoms with Gasteiger partial charge in [-0.15, -0.1) is 0 Å². The van der Waals surface area contributed by atoms with Gasteiger partial charge in [0.05, 0.1) is 6.54 Å². The predicted octanol–water partition coefficient (Wildman–Crippen LogP) is -0.606. The number of aliphatic carboxylic acids is 1. The van der Waals surface area contributed by atoms with Gasteiger partial charge in [-0.3, -0.25) is 14.5 Å². The lowest BCUT2D eigenvalue weighted by Crippen LogP contribution is -2.40. The van der Waals surface area contributed by atoms with Crippen LogP contribution in [0.3, 0.4) is 0 Å². The third-order valence-corrected chi connectivity index (χ3v) is 3.57. The van der Waals surface area contributed by atoms with E-state index in [1.165, 1.54) is 4.90 Å². The molecule has 2 rings (SSSR count). The van der Waals surface area contributed by atoms with E-state index in [1.54, 1.807) is 0 Å². The summed E-state index contributed by atoms with van der Waals surface area (Å²) in [6.45, 7) is 0.640. The number of carbonyl (C=O) groups is 4. The van der Waals surface area contributed by atoms with E-state index < -0.39 is 18.0 Å². The normalized spacial score (nSPS) is 22.3. The van der Waals surface area contributed by atoms with E-state index >= 15 is 0 Å². The highest BCUT2D eigenvalue weighted by Crippen LogP contribution is 2.19. The Bertz CT molecular complexity index is 434. The van der Waals surface area contributed by atoms with Crippen LogP contribution in [0.2, 0.25) is 0 Å². The van der Waals surface area contributed by atoms with Gasteiger partial charge in [-0.1, -0.05) is 0 Å². The van der Waals surface area contributed by atoms with Crippen LogP contribution in [0.1, 0.15) is 25.7 Å². The van der Waals surface area contributed by atoms with Crippen molar-refractivity contribution < 1.29 is 24.3 Å². The van der Waals surface area contributed by atoms with Gasteiger partial charge in [0.15, 0.2) is 0 Å². The molecule has 2 heterocycles. The van der Waals surface area contributed by atoms with E-state index in [0.29, 0.717) is 25.8 Å². The predicted molar refractivity (Wildman–Crippen MR) is 66.7 cm³/mol. The van der Waals surface area contributed by atoms with Crippen molar-refractivity contribution in [3.05, 3.63) is 0 Å². The van der Waals surface area contributed by atoms with Gasteiger partial charge in [0.25, 0.3) is 0 Å². The van der Waals surface area contributed by atoms with Crippen molar-refractivity contribution in [2.75, 3.05) is 19.6 Å². The number of hydrogen-bond donors (Lipinski definition) is 2. The first-order valence-corrected chi connectivity index (χ1v) is 6.61. The third kappa shape index (κ3) is 2.89. The Hall–Kier alpha value is -2.12. The fraction of sp³-hybridized carbons (Fsp3) is 0.667. The highest BCUT2D eigenvalue weighted by atomic mass is 16.4. The zero-order valence-electron chi connectivity index (χ0n) is 11.0. The molecule has 0 aromatic heterocycles. The molecule has 0 aromatic rings. The number of rotatable bonds is 5. The molecule has 110 valence electrons. The molecule has 8 heteroatoms. The highest BCUT2D eigenvalue weighted by Gasteiger charge is 2.34. The Labute approximate surface area is 115 Å². The van der Waals surface area contributed by atoms with Crippen LogP contribution in [0.25, 0.3) is 0 Å². The highest BCUT2D eigenvalue weighted by molar-refractivity contribution is 6.01. The lowest BCUT2D eigenvalue weighted by molar-refractivity contribution is -0.148. The monoisotopic (exact) mass is 283 g/mol. The number of amides is 4. The first-order valence-electron chi connectivity index (χ1n) is 6.61. The summed E-state index contributed by atoms with van der Waals surface area (Å²) < 4.78 is 0. The Morgan fingerprint density at radius 2 is 2.10 bits per heavy atom. The topological polar surface area (TPSA) is 107 Å². The van der Waals surface area contributed by atoms with Crippen LogP contribution in [0, 0.1) is 0 Å². The molecular formula is C12H17N3O5. The molecule has 2 saturated heterocycles. The number of urea groups is 1. The van der Waals surface area contributed by atoms with Gasteiger partial charge in [0.2, 0.25) is 11.8 Å². The molecule has 8 nitrogen and oxygen atoms in total. The molecular weight excluding hydrogens is 266 g/mol. The molecule has 0 saturated carbocycles. The van der Waals surface area contributed by atoms with Gasteiger partial charge < -0.3 is 15.3 Å². The largest absolute Gasteiger partial charge is 0.480 e. The molecule has 0 bridgehead atoms. The molecule has 0 radical (unpaired) electrons. The number of likely N-dealkylation sites (tertiary alicyclic amines) is 1. The van der Waals surface area contributed by atoms with Gasteiger partial charge in [0.1, 0.15) is 6.04 Å². The van der Waals surface area contributed by atoms with Crippen LogP contribution in [-0.4, -0.2) is 64.4 Å². The maximum atomic E-state index is 12.0. The molecule has 0 unspecified atom stereocenters. The van der Waals surface area contributed by atoms with Crippen molar-refractivity contribution in [3.63, 3.8) is 0 Å². The number of nitrogens with one attached hydrogen (secondary N) is 1. The van der Waals surface area contributed by atoms with Gasteiger partial charge in [-0.25, -0.2) is 9.59 Å². The first kappa shape index (κ1) is 14.3. The molecule has 4 amide bonds. The van der Waals surface area contributed by atoms with E-state index in [4.69, 9.17) is 5.11 Å². The van der Waals surface area contributed by atoms with Crippen molar-refractivity contribution >= 4 is 23.8 Å². The van der Waals surface area contributed by atoms with E-state index in [2.05, 4.69) is 5.32 Å². The molecule has 0 spiro atoms. The minimum Gasteiger partial charge on any atom is -0.480 e. The maximum Gasteiger partial charge on any atom is 0.326 e. The van der Waals surface area contributed by atoms with Gasteiger partial charge >= 0.3 is 12.0 Å². The van der Waals surface area contributed by atoms with Crippen LogP contribution in [0.5, 0.6) is 0 Å². The Kier molecular flexibility index (Phi) is 4.21. The van der Waals surface area contributed by atoms with Gasteiger partial charge in [0, 0.05) is 19.5 Å². The van der Waals surface area contributed by atoms with Crippen molar-refractivity contribution in [3.8, 4) is 0 Å². The second kappa shape index (κ2) is 5.89. The smallest absolute Gasteiger partial charge is 0.326 e. The third-order valence-electron chi connectivity index (χ3n) is 3.57. The summed E-state index contributed by atoms with van der Waals surface area (Å²) in [7, 11) is 0. The molecule has 0 aromatic carbocycles. The molecule has 2 aliphatic heterocycles. The summed E-state index contributed by atoms with van der Waals surface area (Å²) in [6, 6.07) is -1.17. The van der Waals surface area contributed by atoms with Crippen molar-refractivity contribution in [2.45, 2.75) is 31.7 Å². The van der Waals surface area contributed by atoms with Gasteiger partial charge in [-0.05, 0) is 19.3 Å². The maximum absolute atomic E-state index is 12.0. The van der Waals surface area contributed by atoms with Crippen molar-refractivity contribution in [1.29, 1.82) is 0 Å². The van der Waals surface area contributed by atoms with E-state index in [-0.39, 0.29) is 31.3 Å². The first-order chi connectivity index (χ1) is 9.50. The standard InChI is InChI=1S/C12H17N3O5/c16-9(14-5-1-3-8(14)11(18)19)4-2-6-15-10(17)7-13-12(15)20/h8H,1-7H2,(H,13,20)(H,18,19)/t8-/m1/s1. The second-order valence-electron chi connectivity index (χ2n) is 4.89. The number of imide groups is 1. The fourth-order valence-electron chi connectivity index (χ4n) is 2.54. The number of carboxylic acid groups (broad SMARTS) is 1. The van der Waals surface area contributed by atoms with Crippen molar-refractivity contribution in [2.24, 2.45) is 0 Å². The lowest BCUT2D eigenvalue weighted by Gasteiger charge is -2.21. The van der Waals surface area contributed by atoms with E-state index in [0.717, 1.165) is 4.90 Å². The summed E-state index contributed by atoms with van der Waals surface area (Å²) in [5, 5.41) is 11.4. The second-order valence-corrected chi connectivity index (χ2v) is 4.89. The molecule has 20 heavy (non-hydrogen) atoms. The van der Waals surface area contributed by atoms with E-state index in [9.17, 15) is 19.2 Å². The summed E-state index contributed by atoms with van der Waals surface area (Å²) in [5.74, 6) is -1.51. The Balaban J connectivity index is 1.79. The Morgan fingerprint density at radius 3 is 2.70 bits per heavy atom. The van der Waals surface area contributed by atoms with Gasteiger partial charge in [-0.2, -0.15) is 0 Å². The quantitative estimate of drug-likeness (QED) is 0.655. The number of nitrogens with zero attached hydrogens (tertiary/aromatic N) is 2. The Morgan fingerprint density at radius 1 is 1.35 bits per heavy atom. The summed E-state index contributed by atoms with van der Waals surface area (Å²) in [4.78, 5) is 48.0. The van der Waals surface area contributed by atoms with Crippen LogP contribution in [0.15, 0.2) is 0 Å². The summed E-state index contributed by atoms with van der Waals surface area (Å²) >= 11 is 0. The molecule has 2 N–H and O–H groups in total. The minimum atomic E-state index is -0.982. The zero-order valence-corrected chi connectivity index (χ0v) is 11.0. The molecule has 2 fully saturated rings. The minimum absolute atomic E-state index is 0.00000689. The van der Waals surface area contributed by atoms with Crippen LogP contribution >= 0.6 is 0 Å². The van der Waals surface area contributed by atoms with E-state index in [1.807, 2.05) is 0 Å². The molecule has 1 atom stereocenters. The van der Waals surface area contributed by atoms with Crippen LogP contribution < -0.4 is 5.32 Å². The summed E-state index contributed by atoms with van der Waals surface area (Å²) in [5.41, 5.74) is 0. The fourth-order valence-corrected chi connectivity index (χ4v) is 2.54. The lowest BCUT2D eigenvalue weighted by atomic mass is 10.2. The number of hydrogen-bond acceptors (Lipinski definition) is 4. The molecule has 2 aliphatic rings. The van der Waals surface area contributed by atoms with Crippen LogP contribution in [0.4, 0.5) is 4.79 Å². The average Bonchev–Trinajstić information content (AvgIpc) is 2.99. The SMILES string of the molecule is O=C(O)[C@H]1CCCN1C(=O)CCCN1C(=O)CNC1=O. The van der Waals surface area contributed by atoms with Crippen LogP contribution in [-0.2, 0) is 14.4 Å². The number of carboxylic acids is 1. The average molecular weight is 283 g/mol. The number of carbonyl (C=O) groups excluding carboxylic acids is 3.